The number of anilines is 1. The monoisotopic (exact) mass is 216 g/mol. The summed E-state index contributed by atoms with van der Waals surface area (Å²) in [6, 6.07) is 8.31. The van der Waals surface area contributed by atoms with E-state index in [2.05, 4.69) is 22.4 Å². The van der Waals surface area contributed by atoms with Gasteiger partial charge in [0.25, 0.3) is 0 Å². The maximum atomic E-state index is 5.53. The molecule has 2 aromatic rings. The fourth-order valence-electron chi connectivity index (χ4n) is 1.71. The van der Waals surface area contributed by atoms with Gasteiger partial charge in [-0.3, -0.25) is 0 Å². The van der Waals surface area contributed by atoms with Crippen molar-refractivity contribution in [3.8, 4) is 0 Å². The zero-order valence-electron chi connectivity index (χ0n) is 9.35. The minimum atomic E-state index is 0.345. The summed E-state index contributed by atoms with van der Waals surface area (Å²) in [5, 5.41) is 12.6. The molecule has 16 heavy (non-hydrogen) atoms. The first-order valence-corrected chi connectivity index (χ1v) is 5.48. The van der Waals surface area contributed by atoms with Crippen LogP contribution in [-0.4, -0.2) is 22.8 Å². The van der Waals surface area contributed by atoms with Gasteiger partial charge in [-0.1, -0.05) is 18.2 Å². The summed E-state index contributed by atoms with van der Waals surface area (Å²) in [4.78, 5) is 0. The van der Waals surface area contributed by atoms with E-state index in [0.717, 1.165) is 23.0 Å². The van der Waals surface area contributed by atoms with Crippen LogP contribution < -0.4 is 11.1 Å². The molecule has 4 nitrogen and oxygen atoms in total. The summed E-state index contributed by atoms with van der Waals surface area (Å²) in [5.74, 6) is 0. The Morgan fingerprint density at radius 2 is 2.19 bits per heavy atom. The highest BCUT2D eigenvalue weighted by Crippen LogP contribution is 2.20. The Hall–Kier alpha value is -1.68. The molecule has 1 atom stereocenters. The van der Waals surface area contributed by atoms with Crippen molar-refractivity contribution in [2.24, 2.45) is 5.73 Å². The molecule has 0 radical (unpaired) electrons. The highest BCUT2D eigenvalue weighted by atomic mass is 15.1. The number of nitrogens with one attached hydrogen (secondary N) is 1. The number of fused-ring (bicyclic) bond motifs is 1. The van der Waals surface area contributed by atoms with Gasteiger partial charge in [0.15, 0.2) is 0 Å². The molecule has 1 aromatic heterocycles. The normalized spacial score (nSPS) is 12.6. The predicted octanol–water partition coefficient (Wildman–Crippen LogP) is 1.78. The van der Waals surface area contributed by atoms with Gasteiger partial charge in [-0.25, -0.2) is 0 Å². The van der Waals surface area contributed by atoms with Crippen LogP contribution in [0.5, 0.6) is 0 Å². The first-order chi connectivity index (χ1) is 7.81. The lowest BCUT2D eigenvalue weighted by Crippen LogP contribution is -2.19. The molecule has 3 N–H and O–H groups in total. The Labute approximate surface area is 94.9 Å². The van der Waals surface area contributed by atoms with Crippen molar-refractivity contribution in [3.05, 3.63) is 30.5 Å². The molecule has 0 fully saturated rings. The highest BCUT2D eigenvalue weighted by Gasteiger charge is 2.05. The van der Waals surface area contributed by atoms with Crippen LogP contribution in [0.1, 0.15) is 13.3 Å². The summed E-state index contributed by atoms with van der Waals surface area (Å²) in [5.41, 5.74) is 7.46. The van der Waals surface area contributed by atoms with Gasteiger partial charge in [-0.2, -0.15) is 10.2 Å². The molecule has 0 amide bonds. The van der Waals surface area contributed by atoms with Crippen molar-refractivity contribution in [1.82, 2.24) is 10.2 Å². The van der Waals surface area contributed by atoms with Gasteiger partial charge in [0, 0.05) is 11.4 Å². The predicted molar refractivity (Wildman–Crippen MR) is 66.3 cm³/mol. The third-order valence-electron chi connectivity index (χ3n) is 2.55. The SMILES string of the molecule is CC(CCN)Nc1cnnc2ccccc12. The Morgan fingerprint density at radius 1 is 1.38 bits per heavy atom. The number of hydrogen-bond acceptors (Lipinski definition) is 4. The van der Waals surface area contributed by atoms with E-state index in [9.17, 15) is 0 Å². The maximum Gasteiger partial charge on any atom is 0.0950 e. The molecule has 2 rings (SSSR count). The second-order valence-corrected chi connectivity index (χ2v) is 3.90. The summed E-state index contributed by atoms with van der Waals surface area (Å²) < 4.78 is 0. The van der Waals surface area contributed by atoms with Crippen LogP contribution in [-0.2, 0) is 0 Å². The fraction of sp³-hybridized carbons (Fsp3) is 0.333. The third kappa shape index (κ3) is 2.28. The topological polar surface area (TPSA) is 63.8 Å². The van der Waals surface area contributed by atoms with Crippen LogP contribution in [0.2, 0.25) is 0 Å². The molecule has 1 unspecified atom stereocenters. The molecule has 84 valence electrons. The van der Waals surface area contributed by atoms with Gasteiger partial charge in [0.05, 0.1) is 17.4 Å². The largest absolute Gasteiger partial charge is 0.381 e. The Balaban J connectivity index is 2.30. The summed E-state index contributed by atoms with van der Waals surface area (Å²) >= 11 is 0. The summed E-state index contributed by atoms with van der Waals surface area (Å²) in [6.45, 7) is 2.80. The minimum absolute atomic E-state index is 0.345. The maximum absolute atomic E-state index is 5.53. The molecule has 0 aliphatic heterocycles. The Kier molecular flexibility index (Phi) is 3.31. The lowest BCUT2D eigenvalue weighted by Gasteiger charge is -2.15. The third-order valence-corrected chi connectivity index (χ3v) is 2.55. The average Bonchev–Trinajstić information content (AvgIpc) is 2.30. The van der Waals surface area contributed by atoms with E-state index in [-0.39, 0.29) is 0 Å². The molecule has 0 bridgehead atoms. The number of nitrogens with zero attached hydrogens (tertiary/aromatic N) is 2. The van der Waals surface area contributed by atoms with Gasteiger partial charge in [0.1, 0.15) is 0 Å². The van der Waals surface area contributed by atoms with Crippen LogP contribution in [0, 0.1) is 0 Å². The fourth-order valence-corrected chi connectivity index (χ4v) is 1.71. The first-order valence-electron chi connectivity index (χ1n) is 5.48. The van der Waals surface area contributed by atoms with Gasteiger partial charge in [-0.05, 0) is 26.0 Å². The second kappa shape index (κ2) is 4.90. The average molecular weight is 216 g/mol. The number of nitrogens with two attached hydrogens (primary N) is 1. The Bertz CT molecular complexity index is 464. The molecular weight excluding hydrogens is 200 g/mol. The lowest BCUT2D eigenvalue weighted by atomic mass is 10.2. The molecule has 4 heteroatoms. The minimum Gasteiger partial charge on any atom is -0.381 e. The van der Waals surface area contributed by atoms with Crippen LogP contribution in [0.4, 0.5) is 5.69 Å². The van der Waals surface area contributed by atoms with Gasteiger partial charge in [-0.15, -0.1) is 0 Å². The molecule has 0 saturated heterocycles. The molecule has 0 aliphatic rings. The molecule has 0 spiro atoms. The first kappa shape index (κ1) is 10.8. The summed E-state index contributed by atoms with van der Waals surface area (Å²) in [7, 11) is 0. The van der Waals surface area contributed by atoms with E-state index in [4.69, 9.17) is 5.73 Å². The van der Waals surface area contributed by atoms with E-state index < -0.39 is 0 Å². The van der Waals surface area contributed by atoms with Crippen molar-refractivity contribution >= 4 is 16.6 Å². The Morgan fingerprint density at radius 3 is 3.00 bits per heavy atom. The number of hydrogen-bond donors (Lipinski definition) is 2. The zero-order valence-corrected chi connectivity index (χ0v) is 9.35. The van der Waals surface area contributed by atoms with E-state index in [1.54, 1.807) is 6.20 Å². The van der Waals surface area contributed by atoms with E-state index in [1.807, 2.05) is 24.3 Å². The van der Waals surface area contributed by atoms with Crippen LogP contribution in [0.25, 0.3) is 10.9 Å². The number of benzene rings is 1. The molecule has 0 saturated carbocycles. The summed E-state index contributed by atoms with van der Waals surface area (Å²) in [6.07, 6.45) is 2.70. The zero-order chi connectivity index (χ0) is 11.4. The number of rotatable bonds is 4. The lowest BCUT2D eigenvalue weighted by molar-refractivity contribution is 0.717. The van der Waals surface area contributed by atoms with Gasteiger partial charge < -0.3 is 11.1 Å². The van der Waals surface area contributed by atoms with Crippen molar-refractivity contribution in [3.63, 3.8) is 0 Å². The molecule has 1 heterocycles. The van der Waals surface area contributed by atoms with Gasteiger partial charge in [0.2, 0.25) is 0 Å². The molecular formula is C12H16N4. The van der Waals surface area contributed by atoms with Crippen molar-refractivity contribution < 1.29 is 0 Å². The smallest absolute Gasteiger partial charge is 0.0950 e. The van der Waals surface area contributed by atoms with Crippen LogP contribution >= 0.6 is 0 Å². The van der Waals surface area contributed by atoms with Crippen LogP contribution in [0.3, 0.4) is 0 Å². The van der Waals surface area contributed by atoms with E-state index in [1.165, 1.54) is 0 Å². The van der Waals surface area contributed by atoms with Crippen molar-refractivity contribution in [1.29, 1.82) is 0 Å². The van der Waals surface area contributed by atoms with Crippen LogP contribution in [0.15, 0.2) is 30.5 Å². The molecule has 1 aromatic carbocycles. The van der Waals surface area contributed by atoms with E-state index in [0.29, 0.717) is 12.6 Å². The van der Waals surface area contributed by atoms with E-state index >= 15 is 0 Å². The quantitative estimate of drug-likeness (QED) is 0.817. The van der Waals surface area contributed by atoms with Crippen molar-refractivity contribution in [2.75, 3.05) is 11.9 Å². The second-order valence-electron chi connectivity index (χ2n) is 3.90. The standard InChI is InChI=1S/C12H16N4/c1-9(6-7-13)15-12-8-14-16-11-5-3-2-4-10(11)12/h2-5,8-9H,6-7,13H2,1H3,(H,15,16). The number of aromatic nitrogens is 2. The highest BCUT2D eigenvalue weighted by molar-refractivity contribution is 5.90. The molecule has 0 aliphatic carbocycles. The van der Waals surface area contributed by atoms with Gasteiger partial charge >= 0.3 is 0 Å². The van der Waals surface area contributed by atoms with Crippen molar-refractivity contribution in [2.45, 2.75) is 19.4 Å².